The van der Waals surface area contributed by atoms with Gasteiger partial charge in [-0.2, -0.15) is 10.1 Å². The number of aryl methyl sites for hydroxylation is 1. The molecule has 5 N–H and O–H groups in total. The maximum atomic E-state index is 5.84. The number of aromatic amines is 2. The van der Waals surface area contributed by atoms with E-state index >= 15 is 0 Å². The van der Waals surface area contributed by atoms with Crippen LogP contribution in [-0.4, -0.2) is 30.1 Å². The summed E-state index contributed by atoms with van der Waals surface area (Å²) < 4.78 is 0. The Morgan fingerprint density at radius 3 is 2.83 bits per heavy atom. The first-order valence-electron chi connectivity index (χ1n) is 9.36. The average molecular weight is 384 g/mol. The lowest BCUT2D eigenvalue weighted by Gasteiger charge is -2.12. The number of imidazole rings is 1. The molecule has 0 radical (unpaired) electrons. The largest absolute Gasteiger partial charge is 0.368 e. The quantitative estimate of drug-likeness (QED) is 0.369. The van der Waals surface area contributed by atoms with E-state index in [1.807, 2.05) is 25.3 Å². The number of aromatic nitrogens is 6. The fourth-order valence-corrected chi connectivity index (χ4v) is 3.50. The van der Waals surface area contributed by atoms with Crippen molar-refractivity contribution in [1.29, 1.82) is 0 Å². The Morgan fingerprint density at radius 1 is 1.00 bits per heavy atom. The molecule has 0 aliphatic heterocycles. The third-order valence-corrected chi connectivity index (χ3v) is 4.91. The van der Waals surface area contributed by atoms with Crippen LogP contribution >= 0.6 is 0 Å². The van der Waals surface area contributed by atoms with Gasteiger partial charge in [-0.25, -0.2) is 9.97 Å². The monoisotopic (exact) mass is 384 g/mol. The van der Waals surface area contributed by atoms with Crippen LogP contribution in [0, 0.1) is 6.92 Å². The molecular weight excluding hydrogens is 364 g/mol. The highest BCUT2D eigenvalue weighted by Gasteiger charge is 2.09. The lowest BCUT2D eigenvalue weighted by molar-refractivity contribution is 1.04. The first-order chi connectivity index (χ1) is 14.1. The Labute approximate surface area is 166 Å². The molecule has 0 spiro atoms. The van der Waals surface area contributed by atoms with E-state index in [2.05, 4.69) is 59.7 Å². The van der Waals surface area contributed by atoms with Crippen LogP contribution in [0.5, 0.6) is 0 Å². The van der Waals surface area contributed by atoms with Crippen LogP contribution in [0.4, 0.5) is 11.8 Å². The van der Waals surface area contributed by atoms with E-state index < -0.39 is 0 Å². The number of nitrogens with two attached hydrogens (primary N) is 1. The maximum Gasteiger partial charge on any atom is 0.221 e. The molecule has 3 aromatic heterocycles. The highest BCUT2D eigenvalue weighted by molar-refractivity contribution is 5.78. The Balaban J connectivity index is 1.39. The van der Waals surface area contributed by atoms with Crippen molar-refractivity contribution < 1.29 is 0 Å². The van der Waals surface area contributed by atoms with E-state index in [9.17, 15) is 0 Å². The third kappa shape index (κ3) is 3.47. The molecule has 2 aromatic carbocycles. The van der Waals surface area contributed by atoms with Crippen molar-refractivity contribution in [1.82, 2.24) is 30.1 Å². The van der Waals surface area contributed by atoms with Gasteiger partial charge in [0.25, 0.3) is 0 Å². The van der Waals surface area contributed by atoms with Crippen LogP contribution in [0.15, 0.2) is 48.8 Å². The predicted octanol–water partition coefficient (Wildman–Crippen LogP) is 3.32. The second-order valence-corrected chi connectivity index (χ2v) is 7.10. The summed E-state index contributed by atoms with van der Waals surface area (Å²) in [5.74, 6) is 1.90. The summed E-state index contributed by atoms with van der Waals surface area (Å²) in [4.78, 5) is 16.3. The van der Waals surface area contributed by atoms with Crippen molar-refractivity contribution in [2.24, 2.45) is 0 Å². The van der Waals surface area contributed by atoms with Gasteiger partial charge in [-0.15, -0.1) is 0 Å². The molecule has 0 amide bonds. The predicted molar refractivity (Wildman–Crippen MR) is 114 cm³/mol. The highest BCUT2D eigenvalue weighted by atomic mass is 15.1. The van der Waals surface area contributed by atoms with E-state index in [1.54, 1.807) is 6.20 Å². The van der Waals surface area contributed by atoms with Crippen molar-refractivity contribution in [3.05, 3.63) is 71.3 Å². The van der Waals surface area contributed by atoms with Crippen molar-refractivity contribution in [3.8, 4) is 0 Å². The van der Waals surface area contributed by atoms with Crippen molar-refractivity contribution >= 4 is 33.7 Å². The molecule has 0 aliphatic carbocycles. The summed E-state index contributed by atoms with van der Waals surface area (Å²) in [6.45, 7) is 2.58. The lowest BCUT2D eigenvalue weighted by atomic mass is 10.1. The van der Waals surface area contributed by atoms with Gasteiger partial charge < -0.3 is 16.0 Å². The fourth-order valence-electron chi connectivity index (χ4n) is 3.50. The summed E-state index contributed by atoms with van der Waals surface area (Å²) >= 11 is 0. The molecule has 0 saturated carbocycles. The molecule has 29 heavy (non-hydrogen) atoms. The molecule has 8 nitrogen and oxygen atoms in total. The number of fused-ring (bicyclic) bond motifs is 2. The summed E-state index contributed by atoms with van der Waals surface area (Å²) in [5, 5.41) is 11.5. The van der Waals surface area contributed by atoms with Gasteiger partial charge >= 0.3 is 0 Å². The number of anilines is 2. The third-order valence-electron chi connectivity index (χ3n) is 4.91. The Morgan fingerprint density at radius 2 is 1.90 bits per heavy atom. The van der Waals surface area contributed by atoms with Crippen molar-refractivity contribution in [2.45, 2.75) is 19.9 Å². The molecule has 0 unspecified atom stereocenters. The van der Waals surface area contributed by atoms with E-state index in [-0.39, 0.29) is 5.95 Å². The number of rotatable bonds is 5. The minimum Gasteiger partial charge on any atom is -0.368 e. The zero-order chi connectivity index (χ0) is 19.8. The number of nitrogens with one attached hydrogen (secondary N) is 3. The van der Waals surface area contributed by atoms with Crippen LogP contribution in [0.25, 0.3) is 21.9 Å². The number of benzene rings is 2. The molecule has 0 atom stereocenters. The Kier molecular flexibility index (Phi) is 4.09. The van der Waals surface area contributed by atoms with Gasteiger partial charge in [0.15, 0.2) is 0 Å². The normalized spacial score (nSPS) is 11.3. The van der Waals surface area contributed by atoms with Crippen molar-refractivity contribution in [2.75, 3.05) is 11.1 Å². The number of H-pyrrole nitrogens is 2. The second kappa shape index (κ2) is 6.90. The average Bonchev–Trinajstić information content (AvgIpc) is 3.32. The summed E-state index contributed by atoms with van der Waals surface area (Å²) in [7, 11) is 0. The van der Waals surface area contributed by atoms with Gasteiger partial charge in [-0.1, -0.05) is 12.1 Å². The molecule has 0 saturated heterocycles. The van der Waals surface area contributed by atoms with E-state index in [0.29, 0.717) is 13.0 Å². The zero-order valence-corrected chi connectivity index (χ0v) is 15.9. The topological polar surface area (TPSA) is 121 Å². The minimum absolute atomic E-state index is 0.251. The van der Waals surface area contributed by atoms with Crippen LogP contribution in [-0.2, 0) is 13.0 Å². The van der Waals surface area contributed by atoms with Crippen LogP contribution in [0.2, 0.25) is 0 Å². The minimum atomic E-state index is 0.251. The molecule has 0 fully saturated rings. The molecule has 3 heterocycles. The smallest absolute Gasteiger partial charge is 0.221 e. The highest BCUT2D eigenvalue weighted by Crippen LogP contribution is 2.21. The first kappa shape index (κ1) is 17.2. The molecule has 5 aromatic rings. The Hall–Kier alpha value is -3.94. The van der Waals surface area contributed by atoms with E-state index in [0.717, 1.165) is 50.3 Å². The molecule has 0 aliphatic rings. The molecule has 144 valence electrons. The number of hydrogen-bond donors (Lipinski definition) is 4. The van der Waals surface area contributed by atoms with Gasteiger partial charge in [0, 0.05) is 30.1 Å². The maximum absolute atomic E-state index is 5.84. The standard InChI is InChI=1S/C21H20N8/c1-12-26-18-5-3-14(8-19(18)27-12)9-23-20-16(10-24-21(22)28-20)7-13-2-4-17-15(6-13)11-25-29-17/h2-6,8,10-11H,7,9H2,1H3,(H,25,29)(H,26,27)(H3,22,23,24,28). The molecular formula is C21H20N8. The lowest BCUT2D eigenvalue weighted by Crippen LogP contribution is -2.08. The van der Waals surface area contributed by atoms with Gasteiger partial charge in [0.1, 0.15) is 11.6 Å². The van der Waals surface area contributed by atoms with E-state index in [1.165, 1.54) is 0 Å². The number of hydrogen-bond acceptors (Lipinski definition) is 6. The van der Waals surface area contributed by atoms with Crippen LogP contribution in [0.1, 0.15) is 22.5 Å². The second-order valence-electron chi connectivity index (χ2n) is 7.10. The van der Waals surface area contributed by atoms with Crippen molar-refractivity contribution in [3.63, 3.8) is 0 Å². The zero-order valence-electron chi connectivity index (χ0n) is 15.9. The summed E-state index contributed by atoms with van der Waals surface area (Å²) in [6.07, 6.45) is 4.30. The fraction of sp³-hybridized carbons (Fsp3) is 0.143. The van der Waals surface area contributed by atoms with Gasteiger partial charge in [0.05, 0.1) is 22.7 Å². The van der Waals surface area contributed by atoms with Gasteiger partial charge in [0.2, 0.25) is 5.95 Å². The summed E-state index contributed by atoms with van der Waals surface area (Å²) in [5.41, 5.74) is 12.1. The number of nitrogens with zero attached hydrogens (tertiary/aromatic N) is 4. The van der Waals surface area contributed by atoms with Gasteiger partial charge in [-0.3, -0.25) is 5.10 Å². The molecule has 5 rings (SSSR count). The summed E-state index contributed by atoms with van der Waals surface area (Å²) in [6, 6.07) is 12.4. The number of nitrogen functional groups attached to an aromatic ring is 1. The molecule has 0 bridgehead atoms. The van der Waals surface area contributed by atoms with Crippen LogP contribution in [0.3, 0.4) is 0 Å². The first-order valence-corrected chi connectivity index (χ1v) is 9.36. The van der Waals surface area contributed by atoms with Gasteiger partial charge in [-0.05, 0) is 42.3 Å². The molecule has 8 heteroatoms. The Bertz CT molecular complexity index is 1320. The SMILES string of the molecule is Cc1nc2ccc(CNc3nc(N)ncc3Cc3ccc4[nH]ncc4c3)cc2[nH]1. The van der Waals surface area contributed by atoms with E-state index in [4.69, 9.17) is 5.73 Å². The van der Waals surface area contributed by atoms with Crippen LogP contribution < -0.4 is 11.1 Å².